The third kappa shape index (κ3) is 3.99. The number of nitrogens with zero attached hydrogens (tertiary/aromatic N) is 1. The SMILES string of the molecule is C=CC1=C(C=C)N(C)c2ccccc2C=C1.CC.CC. The molecule has 2 rings (SSSR count). The lowest BCUT2D eigenvalue weighted by Crippen LogP contribution is -2.16. The first-order chi connectivity index (χ1) is 9.77. The van der Waals surface area contributed by atoms with Gasteiger partial charge in [0.05, 0.1) is 0 Å². The van der Waals surface area contributed by atoms with Crippen molar-refractivity contribution in [3.8, 4) is 0 Å². The van der Waals surface area contributed by atoms with E-state index in [1.807, 2.05) is 59.0 Å². The molecule has 0 aromatic heterocycles. The molecule has 0 unspecified atom stereocenters. The molecule has 0 N–H and O–H groups in total. The van der Waals surface area contributed by atoms with Crippen LogP contribution in [0.15, 0.2) is 66.9 Å². The maximum Gasteiger partial charge on any atom is 0.0481 e. The van der Waals surface area contributed by atoms with Gasteiger partial charge in [0.1, 0.15) is 0 Å². The molecular weight excluding hydrogens is 242 g/mol. The summed E-state index contributed by atoms with van der Waals surface area (Å²) < 4.78 is 0. The van der Waals surface area contributed by atoms with E-state index in [-0.39, 0.29) is 0 Å². The lowest BCUT2D eigenvalue weighted by atomic mass is 10.1. The Balaban J connectivity index is 0.000000829. The predicted molar refractivity (Wildman–Crippen MR) is 94.0 cm³/mol. The number of para-hydroxylation sites is 1. The fraction of sp³-hybridized carbons (Fsp3) is 0.263. The molecular formula is C19H27N. The third-order valence-electron chi connectivity index (χ3n) is 2.81. The van der Waals surface area contributed by atoms with Gasteiger partial charge in [0, 0.05) is 18.4 Å². The molecule has 1 heteroatoms. The summed E-state index contributed by atoms with van der Waals surface area (Å²) in [7, 11) is 2.05. The summed E-state index contributed by atoms with van der Waals surface area (Å²) in [4.78, 5) is 2.14. The monoisotopic (exact) mass is 269 g/mol. The molecule has 0 saturated heterocycles. The molecule has 1 nitrogen and oxygen atoms in total. The molecule has 0 amide bonds. The molecule has 1 aliphatic rings. The standard InChI is InChI=1S/C15H15N.2C2H6/c1-4-12-10-11-13-8-6-7-9-15(13)16(3)14(12)5-2;2*1-2/h4-11H,1-2H2,3H3;2*1-2H3. The van der Waals surface area contributed by atoms with Crippen molar-refractivity contribution >= 4 is 11.8 Å². The van der Waals surface area contributed by atoms with Gasteiger partial charge >= 0.3 is 0 Å². The number of anilines is 1. The van der Waals surface area contributed by atoms with E-state index in [9.17, 15) is 0 Å². The number of fused-ring (bicyclic) bond motifs is 1. The number of hydrogen-bond acceptors (Lipinski definition) is 1. The number of likely N-dealkylation sites (N-methyl/N-ethyl adjacent to an activating group) is 1. The van der Waals surface area contributed by atoms with Crippen LogP contribution in [0.5, 0.6) is 0 Å². The van der Waals surface area contributed by atoms with Crippen molar-refractivity contribution in [1.29, 1.82) is 0 Å². The normalized spacial score (nSPS) is 12.2. The minimum absolute atomic E-state index is 1.08. The summed E-state index contributed by atoms with van der Waals surface area (Å²) in [6, 6.07) is 8.30. The number of rotatable bonds is 2. The van der Waals surface area contributed by atoms with E-state index in [1.54, 1.807) is 0 Å². The van der Waals surface area contributed by atoms with Gasteiger partial charge in [-0.25, -0.2) is 0 Å². The average Bonchev–Trinajstić information content (AvgIpc) is 2.68. The number of hydrogen-bond donors (Lipinski definition) is 0. The fourth-order valence-electron chi connectivity index (χ4n) is 1.95. The van der Waals surface area contributed by atoms with Crippen LogP contribution in [-0.2, 0) is 0 Å². The van der Waals surface area contributed by atoms with Gasteiger partial charge in [0.2, 0.25) is 0 Å². The first-order valence-corrected chi connectivity index (χ1v) is 7.28. The lowest BCUT2D eigenvalue weighted by Gasteiger charge is -2.22. The molecule has 1 aromatic carbocycles. The Morgan fingerprint density at radius 3 is 2.05 bits per heavy atom. The summed E-state index contributed by atoms with van der Waals surface area (Å²) in [6.45, 7) is 15.7. The van der Waals surface area contributed by atoms with Crippen LogP contribution in [0, 0.1) is 0 Å². The van der Waals surface area contributed by atoms with E-state index in [4.69, 9.17) is 0 Å². The maximum atomic E-state index is 3.87. The summed E-state index contributed by atoms with van der Waals surface area (Å²) in [5.41, 5.74) is 4.57. The molecule has 0 saturated carbocycles. The topological polar surface area (TPSA) is 3.24 Å². The van der Waals surface area contributed by atoms with Gasteiger partial charge in [-0.15, -0.1) is 0 Å². The Kier molecular flexibility index (Phi) is 8.86. The van der Waals surface area contributed by atoms with Crippen molar-refractivity contribution in [2.24, 2.45) is 0 Å². The first-order valence-electron chi connectivity index (χ1n) is 7.28. The summed E-state index contributed by atoms with van der Waals surface area (Å²) in [5.74, 6) is 0. The van der Waals surface area contributed by atoms with Crippen LogP contribution in [0.1, 0.15) is 33.3 Å². The van der Waals surface area contributed by atoms with Crippen LogP contribution in [0.4, 0.5) is 5.69 Å². The van der Waals surface area contributed by atoms with Crippen LogP contribution in [0.25, 0.3) is 6.08 Å². The highest BCUT2D eigenvalue weighted by atomic mass is 15.1. The molecule has 0 bridgehead atoms. The second kappa shape index (κ2) is 9.85. The summed E-state index contributed by atoms with van der Waals surface area (Å²) >= 11 is 0. The number of allylic oxidation sites excluding steroid dienone is 4. The second-order valence-corrected chi connectivity index (χ2v) is 3.70. The Bertz CT molecular complexity index is 492. The van der Waals surface area contributed by atoms with E-state index in [2.05, 4.69) is 42.3 Å². The average molecular weight is 269 g/mol. The van der Waals surface area contributed by atoms with Gasteiger partial charge < -0.3 is 4.90 Å². The van der Waals surface area contributed by atoms with Gasteiger partial charge in [0.15, 0.2) is 0 Å². The highest BCUT2D eigenvalue weighted by Crippen LogP contribution is 2.29. The fourth-order valence-corrected chi connectivity index (χ4v) is 1.95. The van der Waals surface area contributed by atoms with E-state index in [0.29, 0.717) is 0 Å². The van der Waals surface area contributed by atoms with Gasteiger partial charge in [-0.1, -0.05) is 77.3 Å². The predicted octanol–water partition coefficient (Wildman–Crippen LogP) is 5.83. The molecule has 0 spiro atoms. The Morgan fingerprint density at radius 1 is 0.900 bits per heavy atom. The van der Waals surface area contributed by atoms with Crippen molar-refractivity contribution in [3.05, 3.63) is 72.5 Å². The van der Waals surface area contributed by atoms with Crippen LogP contribution in [0.3, 0.4) is 0 Å². The number of benzene rings is 1. The van der Waals surface area contributed by atoms with E-state index >= 15 is 0 Å². The zero-order chi connectivity index (χ0) is 15.5. The van der Waals surface area contributed by atoms with Crippen molar-refractivity contribution in [2.45, 2.75) is 27.7 Å². The largest absolute Gasteiger partial charge is 0.344 e. The van der Waals surface area contributed by atoms with Crippen LogP contribution >= 0.6 is 0 Å². The second-order valence-electron chi connectivity index (χ2n) is 3.70. The van der Waals surface area contributed by atoms with Gasteiger partial charge in [-0.3, -0.25) is 0 Å². The van der Waals surface area contributed by atoms with E-state index < -0.39 is 0 Å². The summed E-state index contributed by atoms with van der Waals surface area (Å²) in [5, 5.41) is 0. The summed E-state index contributed by atoms with van der Waals surface area (Å²) in [6.07, 6.45) is 7.91. The van der Waals surface area contributed by atoms with Crippen molar-refractivity contribution < 1.29 is 0 Å². The minimum Gasteiger partial charge on any atom is -0.344 e. The molecule has 0 aliphatic carbocycles. The Morgan fingerprint density at radius 2 is 1.50 bits per heavy atom. The van der Waals surface area contributed by atoms with Crippen molar-refractivity contribution in [2.75, 3.05) is 11.9 Å². The molecule has 0 fully saturated rings. The molecule has 1 aliphatic heterocycles. The molecule has 108 valence electrons. The van der Waals surface area contributed by atoms with Crippen molar-refractivity contribution in [1.82, 2.24) is 0 Å². The molecule has 20 heavy (non-hydrogen) atoms. The van der Waals surface area contributed by atoms with E-state index in [1.165, 1.54) is 11.3 Å². The smallest absolute Gasteiger partial charge is 0.0481 e. The minimum atomic E-state index is 1.08. The van der Waals surface area contributed by atoms with Crippen LogP contribution < -0.4 is 4.90 Å². The molecule has 0 atom stereocenters. The van der Waals surface area contributed by atoms with Crippen LogP contribution in [0.2, 0.25) is 0 Å². The molecule has 1 heterocycles. The van der Waals surface area contributed by atoms with Gasteiger partial charge in [0.25, 0.3) is 0 Å². The maximum absolute atomic E-state index is 3.87. The van der Waals surface area contributed by atoms with E-state index in [0.717, 1.165) is 11.3 Å². The van der Waals surface area contributed by atoms with Crippen molar-refractivity contribution in [3.63, 3.8) is 0 Å². The van der Waals surface area contributed by atoms with Gasteiger partial charge in [-0.05, 0) is 23.3 Å². The Labute approximate surface area is 124 Å². The zero-order valence-corrected chi connectivity index (χ0v) is 13.5. The van der Waals surface area contributed by atoms with Crippen LogP contribution in [-0.4, -0.2) is 7.05 Å². The molecule has 1 aromatic rings. The van der Waals surface area contributed by atoms with Gasteiger partial charge in [-0.2, -0.15) is 0 Å². The highest BCUT2D eigenvalue weighted by molar-refractivity contribution is 5.75. The highest BCUT2D eigenvalue weighted by Gasteiger charge is 2.12. The molecule has 0 radical (unpaired) electrons. The zero-order valence-electron chi connectivity index (χ0n) is 13.5. The Hall–Kier alpha value is -2.02. The quantitative estimate of drug-likeness (QED) is 0.653. The third-order valence-corrected chi connectivity index (χ3v) is 2.81. The lowest BCUT2D eigenvalue weighted by molar-refractivity contribution is 1.13. The first kappa shape index (κ1) is 18.0.